The van der Waals surface area contributed by atoms with Crippen LogP contribution in [0.2, 0.25) is 0 Å². The van der Waals surface area contributed by atoms with Crippen LogP contribution >= 0.6 is 12.4 Å². The number of likely N-dealkylation sites (N-methyl/N-ethyl adjacent to an activating group) is 1. The highest BCUT2D eigenvalue weighted by molar-refractivity contribution is 5.85. The van der Waals surface area contributed by atoms with Crippen LogP contribution in [-0.4, -0.2) is 52.2 Å². The number of anilines is 1. The van der Waals surface area contributed by atoms with E-state index in [1.165, 1.54) is 6.33 Å². The van der Waals surface area contributed by atoms with Crippen LogP contribution in [0.25, 0.3) is 11.2 Å². The van der Waals surface area contributed by atoms with Gasteiger partial charge >= 0.3 is 0 Å². The molecule has 2 aromatic heterocycles. The lowest BCUT2D eigenvalue weighted by atomic mass is 10.5. The van der Waals surface area contributed by atoms with E-state index in [0.29, 0.717) is 0 Å². The predicted molar refractivity (Wildman–Crippen MR) is 67.1 cm³/mol. The molecule has 2 aromatic rings. The molecule has 0 aliphatic rings. The van der Waals surface area contributed by atoms with E-state index in [2.05, 4.69) is 25.3 Å². The molecule has 2 rings (SSSR count). The number of aromatic amines is 1. The first-order valence-corrected chi connectivity index (χ1v) is 4.94. The van der Waals surface area contributed by atoms with Crippen molar-refractivity contribution in [2.45, 2.75) is 0 Å². The summed E-state index contributed by atoms with van der Waals surface area (Å²) >= 11 is 0. The van der Waals surface area contributed by atoms with Crippen LogP contribution in [0.15, 0.2) is 12.7 Å². The standard InChI is InChI=1S/C9H14N6O.ClH/c1-15(16-2)4-3-10-8-7-9(12-5-11-7)14-6-13-8;/h5-6H,3-4H2,1-2H3,(H2,10,11,12,13,14);1H. The van der Waals surface area contributed by atoms with E-state index in [4.69, 9.17) is 4.84 Å². The molecular formula is C9H15ClN6O. The molecular weight excluding hydrogens is 244 g/mol. The molecule has 0 saturated heterocycles. The number of hydroxylamine groups is 2. The largest absolute Gasteiger partial charge is 0.367 e. The third-order valence-electron chi connectivity index (χ3n) is 2.25. The molecule has 0 radical (unpaired) electrons. The first kappa shape index (κ1) is 13.6. The van der Waals surface area contributed by atoms with Crippen LogP contribution in [0.4, 0.5) is 5.82 Å². The summed E-state index contributed by atoms with van der Waals surface area (Å²) < 4.78 is 0. The Bertz CT molecular complexity index is 461. The van der Waals surface area contributed by atoms with Gasteiger partial charge in [0.05, 0.1) is 13.4 Å². The van der Waals surface area contributed by atoms with Gasteiger partial charge in [-0.15, -0.1) is 12.4 Å². The zero-order chi connectivity index (χ0) is 11.4. The Balaban J connectivity index is 0.00000144. The number of hydrogen-bond donors (Lipinski definition) is 2. The summed E-state index contributed by atoms with van der Waals surface area (Å²) in [5.41, 5.74) is 1.49. The second-order valence-electron chi connectivity index (χ2n) is 3.28. The summed E-state index contributed by atoms with van der Waals surface area (Å²) in [5, 5.41) is 4.92. The monoisotopic (exact) mass is 258 g/mol. The summed E-state index contributed by atoms with van der Waals surface area (Å²) in [4.78, 5) is 20.3. The molecule has 2 heterocycles. The van der Waals surface area contributed by atoms with Crippen LogP contribution in [0.3, 0.4) is 0 Å². The molecule has 0 unspecified atom stereocenters. The van der Waals surface area contributed by atoms with Crippen molar-refractivity contribution < 1.29 is 4.84 Å². The minimum absolute atomic E-state index is 0. The molecule has 0 aliphatic carbocycles. The maximum Gasteiger partial charge on any atom is 0.162 e. The molecule has 0 amide bonds. The maximum atomic E-state index is 5.00. The van der Waals surface area contributed by atoms with Gasteiger partial charge < -0.3 is 15.1 Å². The minimum atomic E-state index is 0. The van der Waals surface area contributed by atoms with E-state index < -0.39 is 0 Å². The van der Waals surface area contributed by atoms with E-state index in [1.54, 1.807) is 18.5 Å². The summed E-state index contributed by atoms with van der Waals surface area (Å²) in [6.45, 7) is 1.48. The first-order valence-electron chi connectivity index (χ1n) is 4.94. The number of rotatable bonds is 5. The fraction of sp³-hybridized carbons (Fsp3) is 0.444. The Hall–Kier alpha value is -1.44. The van der Waals surface area contributed by atoms with Crippen molar-refractivity contribution in [2.24, 2.45) is 0 Å². The molecule has 0 aromatic carbocycles. The molecule has 2 N–H and O–H groups in total. The van der Waals surface area contributed by atoms with Crippen molar-refractivity contribution in [1.29, 1.82) is 0 Å². The molecule has 0 fully saturated rings. The van der Waals surface area contributed by atoms with Crippen molar-refractivity contribution in [2.75, 3.05) is 32.6 Å². The molecule has 8 heteroatoms. The Labute approximate surface area is 105 Å². The number of fused-ring (bicyclic) bond motifs is 1. The van der Waals surface area contributed by atoms with Gasteiger partial charge in [0.2, 0.25) is 0 Å². The van der Waals surface area contributed by atoms with Gasteiger partial charge in [0.15, 0.2) is 11.5 Å². The van der Waals surface area contributed by atoms with Crippen LogP contribution in [-0.2, 0) is 4.84 Å². The molecule has 7 nitrogen and oxygen atoms in total. The highest BCUT2D eigenvalue weighted by Crippen LogP contribution is 2.13. The Morgan fingerprint density at radius 3 is 3.00 bits per heavy atom. The summed E-state index contributed by atoms with van der Waals surface area (Å²) in [6.07, 6.45) is 3.11. The topological polar surface area (TPSA) is 79.0 Å². The minimum Gasteiger partial charge on any atom is -0.367 e. The van der Waals surface area contributed by atoms with E-state index in [0.717, 1.165) is 30.1 Å². The van der Waals surface area contributed by atoms with Gasteiger partial charge in [-0.1, -0.05) is 0 Å². The van der Waals surface area contributed by atoms with E-state index in [-0.39, 0.29) is 12.4 Å². The highest BCUT2D eigenvalue weighted by Gasteiger charge is 2.05. The normalized spacial score (nSPS) is 10.5. The van der Waals surface area contributed by atoms with E-state index in [9.17, 15) is 0 Å². The van der Waals surface area contributed by atoms with Crippen LogP contribution in [0.1, 0.15) is 0 Å². The van der Waals surface area contributed by atoms with Gasteiger partial charge in [0, 0.05) is 20.1 Å². The summed E-state index contributed by atoms with van der Waals surface area (Å²) in [6, 6.07) is 0. The van der Waals surface area contributed by atoms with Gasteiger partial charge in [-0.25, -0.2) is 15.0 Å². The van der Waals surface area contributed by atoms with Gasteiger partial charge in [-0.3, -0.25) is 0 Å². The number of H-pyrrole nitrogens is 1. The molecule has 0 spiro atoms. The smallest absolute Gasteiger partial charge is 0.162 e. The second-order valence-corrected chi connectivity index (χ2v) is 3.28. The lowest BCUT2D eigenvalue weighted by Gasteiger charge is -2.13. The third kappa shape index (κ3) is 3.26. The Morgan fingerprint density at radius 2 is 2.24 bits per heavy atom. The van der Waals surface area contributed by atoms with Crippen molar-refractivity contribution in [3.05, 3.63) is 12.7 Å². The average Bonchev–Trinajstić information content (AvgIpc) is 2.77. The number of nitrogens with one attached hydrogen (secondary N) is 2. The summed E-state index contributed by atoms with van der Waals surface area (Å²) in [5.74, 6) is 0.732. The number of imidazole rings is 1. The SMILES string of the molecule is CON(C)CCNc1ncnc2[nH]cnc12.Cl. The van der Waals surface area contributed by atoms with Crippen molar-refractivity contribution >= 4 is 29.4 Å². The zero-order valence-corrected chi connectivity index (χ0v) is 10.5. The summed E-state index contributed by atoms with van der Waals surface area (Å²) in [7, 11) is 3.50. The predicted octanol–water partition coefficient (Wildman–Crippen LogP) is 0.680. The van der Waals surface area contributed by atoms with Crippen LogP contribution in [0, 0.1) is 0 Å². The van der Waals surface area contributed by atoms with Crippen LogP contribution in [0.5, 0.6) is 0 Å². The number of nitrogens with zero attached hydrogens (tertiary/aromatic N) is 4. The molecule has 0 saturated carbocycles. The number of hydrogen-bond acceptors (Lipinski definition) is 6. The number of halogens is 1. The lowest BCUT2D eigenvalue weighted by molar-refractivity contribution is -0.105. The van der Waals surface area contributed by atoms with Crippen LogP contribution < -0.4 is 5.32 Å². The second kappa shape index (κ2) is 6.33. The average molecular weight is 259 g/mol. The highest BCUT2D eigenvalue weighted by atomic mass is 35.5. The fourth-order valence-corrected chi connectivity index (χ4v) is 1.32. The zero-order valence-electron chi connectivity index (χ0n) is 9.67. The van der Waals surface area contributed by atoms with Gasteiger partial charge in [0.1, 0.15) is 11.8 Å². The van der Waals surface area contributed by atoms with Crippen molar-refractivity contribution in [3.63, 3.8) is 0 Å². The van der Waals surface area contributed by atoms with E-state index in [1.807, 2.05) is 7.05 Å². The number of aromatic nitrogens is 4. The van der Waals surface area contributed by atoms with Crippen molar-refractivity contribution in [1.82, 2.24) is 25.0 Å². The molecule has 0 atom stereocenters. The molecule has 94 valence electrons. The fourth-order valence-electron chi connectivity index (χ4n) is 1.32. The van der Waals surface area contributed by atoms with Gasteiger partial charge in [-0.05, 0) is 0 Å². The molecule has 17 heavy (non-hydrogen) atoms. The first-order chi connectivity index (χ1) is 7.81. The quantitative estimate of drug-likeness (QED) is 0.768. The Kier molecular flexibility index (Phi) is 5.08. The van der Waals surface area contributed by atoms with Gasteiger partial charge in [0.25, 0.3) is 0 Å². The lowest BCUT2D eigenvalue weighted by Crippen LogP contribution is -2.24. The molecule has 0 aliphatic heterocycles. The van der Waals surface area contributed by atoms with E-state index >= 15 is 0 Å². The third-order valence-corrected chi connectivity index (χ3v) is 2.25. The Morgan fingerprint density at radius 1 is 1.41 bits per heavy atom. The van der Waals surface area contributed by atoms with Crippen molar-refractivity contribution in [3.8, 4) is 0 Å². The molecule has 0 bridgehead atoms. The maximum absolute atomic E-state index is 5.00. The van der Waals surface area contributed by atoms with Gasteiger partial charge in [-0.2, -0.15) is 5.06 Å².